The number of hydrogen-bond donors (Lipinski definition) is 8. The third kappa shape index (κ3) is 16.0. The highest BCUT2D eigenvalue weighted by Crippen LogP contribution is 2.22. The first-order valence-electron chi connectivity index (χ1n) is 14.5. The fraction of sp³-hybridized carbons (Fsp3) is 0.852. The van der Waals surface area contributed by atoms with Gasteiger partial charge >= 0.3 is 11.9 Å². The minimum atomic E-state index is -1.68. The molecule has 238 valence electrons. The number of unbranched alkanes of at least 4 members (excludes halogenated alkanes) is 10. The van der Waals surface area contributed by atoms with Crippen molar-refractivity contribution < 1.29 is 59.3 Å². The molecule has 2 amide bonds. The number of carboxylic acids is 2. The van der Waals surface area contributed by atoms with Gasteiger partial charge in [-0.1, -0.05) is 57.8 Å². The summed E-state index contributed by atoms with van der Waals surface area (Å²) in [5, 5.41) is 61.8. The Labute approximate surface area is 240 Å². The molecule has 1 aliphatic rings. The molecule has 0 radical (unpaired) electrons. The number of carboxylic acid groups (broad SMARTS) is 2. The number of carbonyl (C=O) groups excluding carboxylic acids is 2. The third-order valence-electron chi connectivity index (χ3n) is 6.86. The molecule has 1 fully saturated rings. The Morgan fingerprint density at radius 3 is 1.78 bits per heavy atom. The first-order valence-corrected chi connectivity index (χ1v) is 14.5. The SMILES string of the molecule is O=C(O)CCCCCCCCCCCCCNC(=O)C(CO[C@@H]1O[C@H](CO)[C@H](O)[C@H](O)[C@H]1O)NC(=O)CCC(=O)O. The number of rotatable bonds is 23. The summed E-state index contributed by atoms with van der Waals surface area (Å²) in [6.07, 6.45) is 2.74. The molecule has 0 aromatic carbocycles. The van der Waals surface area contributed by atoms with Crippen LogP contribution in [0.4, 0.5) is 0 Å². The van der Waals surface area contributed by atoms with Crippen molar-refractivity contribution in [1.29, 1.82) is 0 Å². The van der Waals surface area contributed by atoms with Crippen molar-refractivity contribution in [3.05, 3.63) is 0 Å². The van der Waals surface area contributed by atoms with Gasteiger partial charge in [0, 0.05) is 19.4 Å². The summed E-state index contributed by atoms with van der Waals surface area (Å²) in [5.74, 6) is -3.19. The molecule has 8 N–H and O–H groups in total. The third-order valence-corrected chi connectivity index (χ3v) is 6.86. The van der Waals surface area contributed by atoms with Crippen LogP contribution in [0.25, 0.3) is 0 Å². The van der Waals surface area contributed by atoms with E-state index in [2.05, 4.69) is 10.6 Å². The summed E-state index contributed by atoms with van der Waals surface area (Å²) in [5.41, 5.74) is 0. The van der Waals surface area contributed by atoms with E-state index in [9.17, 15) is 39.6 Å². The smallest absolute Gasteiger partial charge is 0.303 e. The monoisotopic (exact) mass is 592 g/mol. The van der Waals surface area contributed by atoms with E-state index < -0.39 is 80.1 Å². The highest BCUT2D eigenvalue weighted by molar-refractivity contribution is 5.88. The van der Waals surface area contributed by atoms with Crippen LogP contribution in [-0.4, -0.2) is 111 Å². The lowest BCUT2D eigenvalue weighted by Gasteiger charge is -2.39. The van der Waals surface area contributed by atoms with Gasteiger partial charge in [-0.2, -0.15) is 0 Å². The van der Waals surface area contributed by atoms with E-state index in [0.29, 0.717) is 13.0 Å². The average molecular weight is 593 g/mol. The summed E-state index contributed by atoms with van der Waals surface area (Å²) < 4.78 is 10.7. The van der Waals surface area contributed by atoms with Crippen molar-refractivity contribution in [2.75, 3.05) is 19.8 Å². The van der Waals surface area contributed by atoms with Crippen molar-refractivity contribution in [3.8, 4) is 0 Å². The summed E-state index contributed by atoms with van der Waals surface area (Å²) in [6.45, 7) is -0.791. The van der Waals surface area contributed by atoms with E-state index in [1.807, 2.05) is 0 Å². The zero-order chi connectivity index (χ0) is 30.6. The summed E-state index contributed by atoms with van der Waals surface area (Å²) >= 11 is 0. The number of nitrogens with one attached hydrogen (secondary N) is 2. The molecule has 0 spiro atoms. The van der Waals surface area contributed by atoms with Crippen molar-refractivity contribution in [1.82, 2.24) is 10.6 Å². The number of carbonyl (C=O) groups is 4. The highest BCUT2D eigenvalue weighted by atomic mass is 16.7. The van der Waals surface area contributed by atoms with Gasteiger partial charge in [0.15, 0.2) is 6.29 Å². The van der Waals surface area contributed by atoms with Crippen LogP contribution in [0.5, 0.6) is 0 Å². The standard InChI is InChI=1S/C27H48N2O12/c30-16-19-23(36)24(37)25(38)27(41-19)40-17-18(29-20(31)13-14-22(34)35)26(39)28-15-11-9-7-5-3-1-2-4-6-8-10-12-21(32)33/h18-19,23-25,27,30,36-38H,1-17H2,(H,28,39)(H,29,31)(H,32,33)(H,34,35)/t18?,19-,23+,24+,25-,27-/m1/s1. The number of aliphatic carboxylic acids is 2. The first-order chi connectivity index (χ1) is 19.6. The maximum atomic E-state index is 12.8. The fourth-order valence-corrected chi connectivity index (χ4v) is 4.39. The van der Waals surface area contributed by atoms with E-state index in [0.717, 1.165) is 64.2 Å². The second kappa shape index (κ2) is 21.4. The molecule has 0 aromatic rings. The average Bonchev–Trinajstić information content (AvgIpc) is 2.93. The van der Waals surface area contributed by atoms with E-state index in [1.165, 1.54) is 0 Å². The van der Waals surface area contributed by atoms with Crippen LogP contribution in [-0.2, 0) is 28.7 Å². The molecule has 14 heteroatoms. The van der Waals surface area contributed by atoms with E-state index in [4.69, 9.17) is 19.7 Å². The maximum absolute atomic E-state index is 12.8. The molecule has 0 aromatic heterocycles. The lowest BCUT2D eigenvalue weighted by Crippen LogP contribution is -2.60. The normalized spacial score (nSPS) is 23.1. The molecule has 14 nitrogen and oxygen atoms in total. The molecular weight excluding hydrogens is 544 g/mol. The summed E-state index contributed by atoms with van der Waals surface area (Å²) in [6, 6.07) is -1.24. The van der Waals surface area contributed by atoms with Crippen molar-refractivity contribution in [3.63, 3.8) is 0 Å². The number of aliphatic hydroxyl groups is 4. The van der Waals surface area contributed by atoms with Gasteiger partial charge in [-0.15, -0.1) is 0 Å². The van der Waals surface area contributed by atoms with Crippen LogP contribution >= 0.6 is 0 Å². The maximum Gasteiger partial charge on any atom is 0.303 e. The van der Waals surface area contributed by atoms with E-state index in [-0.39, 0.29) is 12.8 Å². The molecular formula is C27H48N2O12. The highest BCUT2D eigenvalue weighted by Gasteiger charge is 2.44. The van der Waals surface area contributed by atoms with Gasteiger partial charge in [0.1, 0.15) is 30.5 Å². The number of amides is 2. The number of hydrogen-bond acceptors (Lipinski definition) is 10. The second-order valence-electron chi connectivity index (χ2n) is 10.4. The van der Waals surface area contributed by atoms with E-state index >= 15 is 0 Å². The second-order valence-corrected chi connectivity index (χ2v) is 10.4. The molecule has 6 atom stereocenters. The molecule has 0 bridgehead atoms. The Hall–Kier alpha value is -2.36. The minimum Gasteiger partial charge on any atom is -0.481 e. The molecule has 41 heavy (non-hydrogen) atoms. The number of aliphatic hydroxyl groups excluding tert-OH is 4. The van der Waals surface area contributed by atoms with Crippen LogP contribution in [0.15, 0.2) is 0 Å². The zero-order valence-corrected chi connectivity index (χ0v) is 23.6. The fourth-order valence-electron chi connectivity index (χ4n) is 4.39. The van der Waals surface area contributed by atoms with Gasteiger partial charge in [-0.05, 0) is 12.8 Å². The van der Waals surface area contributed by atoms with Gasteiger partial charge in [0.25, 0.3) is 0 Å². The number of ether oxygens (including phenoxy) is 2. The lowest BCUT2D eigenvalue weighted by molar-refractivity contribution is -0.301. The van der Waals surface area contributed by atoms with Gasteiger partial charge < -0.3 is 50.7 Å². The summed E-state index contributed by atoms with van der Waals surface area (Å²) in [7, 11) is 0. The predicted octanol–water partition coefficient (Wildman–Crippen LogP) is 0.0345. The largest absolute Gasteiger partial charge is 0.481 e. The Kier molecular flexibility index (Phi) is 19.1. The van der Waals surface area contributed by atoms with Crippen molar-refractivity contribution >= 4 is 23.8 Å². The lowest BCUT2D eigenvalue weighted by atomic mass is 9.99. The topological polar surface area (TPSA) is 232 Å². The Balaban J connectivity index is 2.37. The van der Waals surface area contributed by atoms with Crippen molar-refractivity contribution in [2.24, 2.45) is 0 Å². The van der Waals surface area contributed by atoms with E-state index in [1.54, 1.807) is 0 Å². The Bertz CT molecular complexity index is 781. The van der Waals surface area contributed by atoms with Gasteiger partial charge in [-0.25, -0.2) is 0 Å². The van der Waals surface area contributed by atoms with Gasteiger partial charge in [0.05, 0.1) is 19.6 Å². The molecule has 1 rings (SSSR count). The molecule has 0 saturated carbocycles. The zero-order valence-electron chi connectivity index (χ0n) is 23.6. The molecule has 1 saturated heterocycles. The van der Waals surface area contributed by atoms with Crippen molar-refractivity contribution in [2.45, 2.75) is 127 Å². The van der Waals surface area contributed by atoms with Crippen LogP contribution in [0, 0.1) is 0 Å². The molecule has 0 aliphatic carbocycles. The summed E-state index contributed by atoms with van der Waals surface area (Å²) in [4.78, 5) is 46.2. The Morgan fingerprint density at radius 2 is 1.24 bits per heavy atom. The molecule has 1 heterocycles. The van der Waals surface area contributed by atoms with Gasteiger partial charge in [0.2, 0.25) is 11.8 Å². The van der Waals surface area contributed by atoms with Crippen LogP contribution < -0.4 is 10.6 Å². The Morgan fingerprint density at radius 1 is 0.707 bits per heavy atom. The van der Waals surface area contributed by atoms with Gasteiger partial charge in [-0.3, -0.25) is 19.2 Å². The van der Waals surface area contributed by atoms with Crippen LogP contribution in [0.2, 0.25) is 0 Å². The predicted molar refractivity (Wildman–Crippen MR) is 145 cm³/mol. The van der Waals surface area contributed by atoms with Crippen LogP contribution in [0.3, 0.4) is 0 Å². The molecule has 1 unspecified atom stereocenters. The van der Waals surface area contributed by atoms with Crippen LogP contribution in [0.1, 0.15) is 89.9 Å². The molecule has 1 aliphatic heterocycles. The first kappa shape index (κ1) is 36.7. The quantitative estimate of drug-likeness (QED) is 0.0735. The minimum absolute atomic E-state index is 0.235.